The van der Waals surface area contributed by atoms with Crippen molar-refractivity contribution in [3.05, 3.63) is 15.0 Å². The highest BCUT2D eigenvalue weighted by Crippen LogP contribution is 2.34. The van der Waals surface area contributed by atoms with Crippen molar-refractivity contribution >= 4 is 28.7 Å². The van der Waals surface area contributed by atoms with E-state index in [0.29, 0.717) is 0 Å². The summed E-state index contributed by atoms with van der Waals surface area (Å²) < 4.78 is 8.71. The van der Waals surface area contributed by atoms with E-state index in [4.69, 9.17) is 9.84 Å². The Morgan fingerprint density at radius 2 is 2.09 bits per heavy atom. The second-order valence-electron chi connectivity index (χ2n) is 6.81. The van der Waals surface area contributed by atoms with Gasteiger partial charge in [-0.25, -0.2) is 4.79 Å². The summed E-state index contributed by atoms with van der Waals surface area (Å²) in [4.78, 5) is 14.4. The molecule has 1 aliphatic rings. The third kappa shape index (κ3) is 3.75. The minimum Gasteiger partial charge on any atom is -0.444 e. The number of amides is 1. The number of ether oxygens (including phenoxy) is 1. The second kappa shape index (κ2) is 6.76. The summed E-state index contributed by atoms with van der Waals surface area (Å²) in [6, 6.07) is 0.0296. The summed E-state index contributed by atoms with van der Waals surface area (Å²) in [6.45, 7) is 8.60. The lowest BCUT2D eigenvalue weighted by atomic mass is 9.99. The summed E-state index contributed by atoms with van der Waals surface area (Å²) in [7, 11) is 1.98. The highest BCUT2D eigenvalue weighted by atomic mass is 127. The Labute approximate surface area is 146 Å². The minimum atomic E-state index is -0.467. The predicted octanol–water partition coefficient (Wildman–Crippen LogP) is 4.05. The summed E-state index contributed by atoms with van der Waals surface area (Å²) >= 11 is 2.36. The first-order chi connectivity index (χ1) is 10.2. The number of likely N-dealkylation sites (tertiary alicyclic amines) is 1. The summed E-state index contributed by atoms with van der Waals surface area (Å²) in [5, 5.41) is 4.69. The monoisotopic (exact) mass is 419 g/mol. The number of nitrogens with zero attached hydrogens (tertiary/aromatic N) is 3. The van der Waals surface area contributed by atoms with Crippen LogP contribution in [0.15, 0.2) is 0 Å². The maximum absolute atomic E-state index is 12.5. The van der Waals surface area contributed by atoms with Gasteiger partial charge in [0.2, 0.25) is 0 Å². The first-order valence-electron chi connectivity index (χ1n) is 7.95. The molecule has 1 aliphatic heterocycles. The molecule has 124 valence electrons. The molecule has 1 unspecified atom stereocenters. The first-order valence-corrected chi connectivity index (χ1v) is 9.03. The van der Waals surface area contributed by atoms with E-state index in [1.165, 1.54) is 9.26 Å². The van der Waals surface area contributed by atoms with Crippen molar-refractivity contribution in [1.29, 1.82) is 0 Å². The quantitative estimate of drug-likeness (QED) is 0.680. The van der Waals surface area contributed by atoms with Crippen LogP contribution in [-0.2, 0) is 18.2 Å². The molecule has 0 bridgehead atoms. The fraction of sp³-hybridized carbons (Fsp3) is 0.750. The zero-order chi connectivity index (χ0) is 16.5. The van der Waals surface area contributed by atoms with Gasteiger partial charge in [-0.1, -0.05) is 6.92 Å². The lowest BCUT2D eigenvalue weighted by Gasteiger charge is -2.36. The molecular weight excluding hydrogens is 393 g/mol. The van der Waals surface area contributed by atoms with Crippen molar-refractivity contribution in [2.45, 2.75) is 65.0 Å². The zero-order valence-electron chi connectivity index (χ0n) is 14.1. The smallest absolute Gasteiger partial charge is 0.410 e. The maximum atomic E-state index is 12.5. The number of aryl methyl sites for hydroxylation is 1. The molecule has 2 heterocycles. The number of aromatic nitrogens is 2. The molecule has 1 amide bonds. The van der Waals surface area contributed by atoms with Crippen molar-refractivity contribution in [3.8, 4) is 0 Å². The van der Waals surface area contributed by atoms with Crippen LogP contribution >= 0.6 is 22.6 Å². The largest absolute Gasteiger partial charge is 0.444 e. The lowest BCUT2D eigenvalue weighted by molar-refractivity contribution is 0.00885. The Morgan fingerprint density at radius 3 is 2.64 bits per heavy atom. The van der Waals surface area contributed by atoms with E-state index in [-0.39, 0.29) is 12.1 Å². The molecule has 1 aromatic heterocycles. The summed E-state index contributed by atoms with van der Waals surface area (Å²) in [5.74, 6) is 0. The molecule has 1 aromatic rings. The molecule has 0 N–H and O–H groups in total. The standard InChI is InChI=1S/C16H26IN3O2/c1-6-11-13(17)14(18-19(11)5)12-9-7-8-10-20(12)15(21)22-16(2,3)4/h12H,6-10H2,1-5H3. The molecule has 22 heavy (non-hydrogen) atoms. The highest BCUT2D eigenvalue weighted by molar-refractivity contribution is 14.1. The van der Waals surface area contributed by atoms with Gasteiger partial charge < -0.3 is 4.74 Å². The SMILES string of the molecule is CCc1c(I)c(C2CCCCN2C(=O)OC(C)(C)C)nn1C. The van der Waals surface area contributed by atoms with Crippen LogP contribution in [0.2, 0.25) is 0 Å². The second-order valence-corrected chi connectivity index (χ2v) is 7.89. The van der Waals surface area contributed by atoms with E-state index in [0.717, 1.165) is 37.9 Å². The van der Waals surface area contributed by atoms with Gasteiger partial charge in [-0.05, 0) is 69.0 Å². The molecule has 1 atom stereocenters. The summed E-state index contributed by atoms with van der Waals surface area (Å²) in [6.07, 6.45) is 3.82. The third-order valence-electron chi connectivity index (χ3n) is 3.91. The Balaban J connectivity index is 2.29. The fourth-order valence-electron chi connectivity index (χ4n) is 2.91. The maximum Gasteiger partial charge on any atom is 0.410 e. The van der Waals surface area contributed by atoms with Crippen molar-refractivity contribution in [2.24, 2.45) is 7.05 Å². The minimum absolute atomic E-state index is 0.0296. The van der Waals surface area contributed by atoms with Gasteiger partial charge in [0, 0.05) is 13.6 Å². The van der Waals surface area contributed by atoms with E-state index < -0.39 is 5.60 Å². The van der Waals surface area contributed by atoms with Gasteiger partial charge >= 0.3 is 6.09 Å². The molecule has 2 rings (SSSR count). The zero-order valence-corrected chi connectivity index (χ0v) is 16.3. The van der Waals surface area contributed by atoms with E-state index in [1.54, 1.807) is 0 Å². The van der Waals surface area contributed by atoms with Gasteiger partial charge in [0.05, 0.1) is 21.0 Å². The predicted molar refractivity (Wildman–Crippen MR) is 94.8 cm³/mol. The number of carbonyl (C=O) groups excluding carboxylic acids is 1. The average Bonchev–Trinajstić information content (AvgIpc) is 2.71. The van der Waals surface area contributed by atoms with Gasteiger partial charge in [-0.15, -0.1) is 0 Å². The van der Waals surface area contributed by atoms with Crippen molar-refractivity contribution < 1.29 is 9.53 Å². The van der Waals surface area contributed by atoms with Gasteiger partial charge in [0.15, 0.2) is 0 Å². The van der Waals surface area contributed by atoms with Crippen LogP contribution in [0, 0.1) is 3.57 Å². The number of halogens is 1. The molecule has 0 aromatic carbocycles. The van der Waals surface area contributed by atoms with Crippen LogP contribution in [0.1, 0.15) is 64.4 Å². The van der Waals surface area contributed by atoms with Crippen LogP contribution in [0.3, 0.4) is 0 Å². The Hall–Kier alpha value is -0.790. The van der Waals surface area contributed by atoms with Crippen molar-refractivity contribution in [3.63, 3.8) is 0 Å². The van der Waals surface area contributed by atoms with Crippen LogP contribution in [-0.4, -0.2) is 32.9 Å². The average molecular weight is 419 g/mol. The molecule has 0 aliphatic carbocycles. The van der Waals surface area contributed by atoms with Gasteiger partial charge in [0.1, 0.15) is 5.60 Å². The molecule has 0 spiro atoms. The molecule has 1 fully saturated rings. The Kier molecular flexibility index (Phi) is 5.40. The number of piperidine rings is 1. The van der Waals surface area contributed by atoms with Crippen molar-refractivity contribution in [2.75, 3.05) is 6.54 Å². The topological polar surface area (TPSA) is 47.4 Å². The van der Waals surface area contributed by atoms with Gasteiger partial charge in [0.25, 0.3) is 0 Å². The van der Waals surface area contributed by atoms with E-state index in [9.17, 15) is 4.79 Å². The first kappa shape index (κ1) is 17.6. The molecule has 0 radical (unpaired) electrons. The Bertz CT molecular complexity index is 548. The van der Waals surface area contributed by atoms with E-state index >= 15 is 0 Å². The van der Waals surface area contributed by atoms with Crippen LogP contribution in [0.5, 0.6) is 0 Å². The number of hydrogen-bond donors (Lipinski definition) is 0. The lowest BCUT2D eigenvalue weighted by Crippen LogP contribution is -2.42. The fourth-order valence-corrected chi connectivity index (χ4v) is 4.11. The number of rotatable bonds is 2. The Morgan fingerprint density at radius 1 is 1.41 bits per heavy atom. The number of carbonyl (C=O) groups is 1. The third-order valence-corrected chi connectivity index (χ3v) is 5.08. The van der Waals surface area contributed by atoms with Gasteiger partial charge in [-0.2, -0.15) is 5.10 Å². The highest BCUT2D eigenvalue weighted by Gasteiger charge is 2.34. The van der Waals surface area contributed by atoms with Crippen LogP contribution in [0.4, 0.5) is 4.79 Å². The van der Waals surface area contributed by atoms with Crippen LogP contribution in [0.25, 0.3) is 0 Å². The number of hydrogen-bond acceptors (Lipinski definition) is 3. The van der Waals surface area contributed by atoms with Crippen molar-refractivity contribution in [1.82, 2.24) is 14.7 Å². The van der Waals surface area contributed by atoms with E-state index in [2.05, 4.69) is 29.5 Å². The molecule has 1 saturated heterocycles. The molecule has 6 heteroatoms. The summed E-state index contributed by atoms with van der Waals surface area (Å²) in [5.41, 5.74) is 1.78. The van der Waals surface area contributed by atoms with Crippen LogP contribution < -0.4 is 0 Å². The molecular formula is C16H26IN3O2. The van der Waals surface area contributed by atoms with Gasteiger partial charge in [-0.3, -0.25) is 9.58 Å². The normalized spacial score (nSPS) is 19.4. The molecule has 0 saturated carbocycles. The van der Waals surface area contributed by atoms with E-state index in [1.807, 2.05) is 37.4 Å². The molecule has 5 nitrogen and oxygen atoms in total.